The number of amides is 1. The number of hydrogen-bond donors (Lipinski definition) is 3. The Morgan fingerprint density at radius 2 is 1.88 bits per heavy atom. The minimum absolute atomic E-state index is 0.0174. The lowest BCUT2D eigenvalue weighted by atomic mass is 9.90. The molecule has 0 aliphatic heterocycles. The second-order valence-corrected chi connectivity index (χ2v) is 6.01. The molecule has 1 aliphatic rings. The van der Waals surface area contributed by atoms with Crippen molar-refractivity contribution < 1.29 is 19.4 Å². The van der Waals surface area contributed by atoms with Gasteiger partial charge in [0.2, 0.25) is 0 Å². The average molecular weight is 347 g/mol. The number of nitrogens with zero attached hydrogens (tertiary/aromatic N) is 2. The molecule has 1 amide bonds. The quantitative estimate of drug-likeness (QED) is 0.744. The summed E-state index contributed by atoms with van der Waals surface area (Å²) in [5.74, 6) is -1.01. The molecule has 2 aromatic rings. The summed E-state index contributed by atoms with van der Waals surface area (Å²) in [5, 5.41) is 26.3. The maximum Gasteiger partial charge on any atom is 0.272 e. The third-order valence-corrected chi connectivity index (χ3v) is 4.24. The van der Waals surface area contributed by atoms with Gasteiger partial charge in [-0.2, -0.15) is 9.78 Å². The van der Waals surface area contributed by atoms with E-state index in [9.17, 15) is 24.2 Å². The van der Waals surface area contributed by atoms with E-state index in [0.717, 1.165) is 4.68 Å². The summed E-state index contributed by atoms with van der Waals surface area (Å²) in [6.07, 6.45) is -0.199. The maximum absolute atomic E-state index is 13.0. The largest absolute Gasteiger partial charge is 0.390 e. The predicted octanol–water partition coefficient (Wildman–Crippen LogP) is 0.376. The van der Waals surface area contributed by atoms with Gasteiger partial charge in [0, 0.05) is 6.07 Å². The van der Waals surface area contributed by atoms with Crippen molar-refractivity contribution in [2.24, 2.45) is 0 Å². The fraction of sp³-hybridized carbons (Fsp3) is 0.353. The van der Waals surface area contributed by atoms with Gasteiger partial charge in [0.05, 0.1) is 23.9 Å². The first kappa shape index (κ1) is 17.2. The summed E-state index contributed by atoms with van der Waals surface area (Å²) in [5.41, 5.74) is -0.151. The van der Waals surface area contributed by atoms with Crippen LogP contribution in [-0.2, 0) is 0 Å². The van der Waals surface area contributed by atoms with E-state index >= 15 is 0 Å². The number of carbonyl (C=O) groups is 1. The molecule has 1 fully saturated rings. The van der Waals surface area contributed by atoms with Crippen molar-refractivity contribution in [3.8, 4) is 5.69 Å². The fourth-order valence-corrected chi connectivity index (χ4v) is 2.86. The van der Waals surface area contributed by atoms with Gasteiger partial charge in [0.1, 0.15) is 11.5 Å². The lowest BCUT2D eigenvalue weighted by Crippen LogP contribution is -2.51. The molecule has 1 aromatic heterocycles. The predicted molar refractivity (Wildman–Crippen MR) is 86.9 cm³/mol. The van der Waals surface area contributed by atoms with Crippen LogP contribution in [0.1, 0.15) is 29.8 Å². The summed E-state index contributed by atoms with van der Waals surface area (Å²) in [6.45, 7) is 0. The van der Waals surface area contributed by atoms with E-state index < -0.39 is 35.5 Å². The Morgan fingerprint density at radius 1 is 1.16 bits per heavy atom. The SMILES string of the molecule is O=C(N[C@@H]1CCC[C@@H](O)[C@@H]1O)c1ccc(=O)n(-c2ccc(F)cc2)n1. The number of aliphatic hydroxyl groups excluding tert-OH is 2. The van der Waals surface area contributed by atoms with Gasteiger partial charge in [-0.25, -0.2) is 4.39 Å². The molecule has 1 saturated carbocycles. The number of aliphatic hydroxyl groups is 2. The van der Waals surface area contributed by atoms with Crippen LogP contribution in [-0.4, -0.2) is 44.2 Å². The first-order valence-electron chi connectivity index (χ1n) is 7.99. The van der Waals surface area contributed by atoms with Gasteiger partial charge in [-0.15, -0.1) is 0 Å². The Morgan fingerprint density at radius 3 is 2.60 bits per heavy atom. The summed E-state index contributed by atoms with van der Waals surface area (Å²) < 4.78 is 14.0. The van der Waals surface area contributed by atoms with Crippen LogP contribution in [0.15, 0.2) is 41.2 Å². The molecule has 1 aromatic carbocycles. The van der Waals surface area contributed by atoms with Gasteiger partial charge in [0.15, 0.2) is 0 Å². The number of hydrogen-bond acceptors (Lipinski definition) is 5. The fourth-order valence-electron chi connectivity index (χ4n) is 2.86. The van der Waals surface area contributed by atoms with E-state index in [1.165, 1.54) is 36.4 Å². The molecule has 0 saturated heterocycles. The van der Waals surface area contributed by atoms with E-state index in [2.05, 4.69) is 10.4 Å². The van der Waals surface area contributed by atoms with Crippen LogP contribution in [0.4, 0.5) is 4.39 Å². The molecule has 25 heavy (non-hydrogen) atoms. The second kappa shape index (κ2) is 7.12. The molecular weight excluding hydrogens is 329 g/mol. The van der Waals surface area contributed by atoms with Crippen LogP contribution in [0, 0.1) is 5.82 Å². The van der Waals surface area contributed by atoms with Crippen molar-refractivity contribution in [3.63, 3.8) is 0 Å². The molecule has 132 valence electrons. The standard InChI is InChI=1S/C17H18FN3O4/c18-10-4-6-11(7-5-10)21-15(23)9-8-13(20-21)17(25)19-12-2-1-3-14(22)16(12)24/h4-9,12,14,16,22,24H,1-3H2,(H,19,25)/t12-,14-,16-/m1/s1. The third kappa shape index (κ3) is 3.75. The van der Waals surface area contributed by atoms with Gasteiger partial charge in [-0.1, -0.05) is 0 Å². The van der Waals surface area contributed by atoms with Crippen molar-refractivity contribution in [1.29, 1.82) is 0 Å². The molecule has 0 bridgehead atoms. The second-order valence-electron chi connectivity index (χ2n) is 6.01. The summed E-state index contributed by atoms with van der Waals surface area (Å²) >= 11 is 0. The zero-order valence-electron chi connectivity index (χ0n) is 13.3. The Kier molecular flexibility index (Phi) is 4.91. The monoisotopic (exact) mass is 347 g/mol. The Balaban J connectivity index is 1.83. The van der Waals surface area contributed by atoms with Gasteiger partial charge >= 0.3 is 0 Å². The van der Waals surface area contributed by atoms with E-state index in [1.807, 2.05) is 0 Å². The van der Waals surface area contributed by atoms with Crippen molar-refractivity contribution in [2.75, 3.05) is 0 Å². The molecule has 0 spiro atoms. The first-order chi connectivity index (χ1) is 12.0. The van der Waals surface area contributed by atoms with Crippen LogP contribution in [0.5, 0.6) is 0 Å². The minimum Gasteiger partial charge on any atom is -0.390 e. The maximum atomic E-state index is 13.0. The van der Waals surface area contributed by atoms with Crippen molar-refractivity contribution in [1.82, 2.24) is 15.1 Å². The third-order valence-electron chi connectivity index (χ3n) is 4.24. The lowest BCUT2D eigenvalue weighted by Gasteiger charge is -2.32. The molecule has 3 atom stereocenters. The number of rotatable bonds is 3. The number of nitrogens with one attached hydrogen (secondary N) is 1. The Labute approximate surface area is 142 Å². The van der Waals surface area contributed by atoms with E-state index in [1.54, 1.807) is 0 Å². The topological polar surface area (TPSA) is 104 Å². The van der Waals surface area contributed by atoms with E-state index in [0.29, 0.717) is 24.9 Å². The molecular formula is C17H18FN3O4. The average Bonchev–Trinajstić information content (AvgIpc) is 2.60. The van der Waals surface area contributed by atoms with E-state index in [-0.39, 0.29) is 5.69 Å². The highest BCUT2D eigenvalue weighted by Crippen LogP contribution is 2.19. The van der Waals surface area contributed by atoms with Crippen LogP contribution >= 0.6 is 0 Å². The highest BCUT2D eigenvalue weighted by atomic mass is 19.1. The summed E-state index contributed by atoms with van der Waals surface area (Å²) in [4.78, 5) is 24.3. The molecule has 3 N–H and O–H groups in total. The number of halogens is 1. The van der Waals surface area contributed by atoms with Crippen molar-refractivity contribution >= 4 is 5.91 Å². The van der Waals surface area contributed by atoms with E-state index in [4.69, 9.17) is 0 Å². The highest BCUT2D eigenvalue weighted by molar-refractivity contribution is 5.92. The molecule has 8 heteroatoms. The van der Waals surface area contributed by atoms with Crippen LogP contribution in [0.2, 0.25) is 0 Å². The summed E-state index contributed by atoms with van der Waals surface area (Å²) in [7, 11) is 0. The molecule has 7 nitrogen and oxygen atoms in total. The van der Waals surface area contributed by atoms with Crippen LogP contribution in [0.3, 0.4) is 0 Å². The molecule has 1 heterocycles. The lowest BCUT2D eigenvalue weighted by molar-refractivity contribution is -0.0278. The first-order valence-corrected chi connectivity index (χ1v) is 7.99. The van der Waals surface area contributed by atoms with Gasteiger partial charge in [-0.05, 0) is 49.6 Å². The molecule has 1 aliphatic carbocycles. The van der Waals surface area contributed by atoms with Gasteiger partial charge in [0.25, 0.3) is 11.5 Å². The highest BCUT2D eigenvalue weighted by Gasteiger charge is 2.31. The molecule has 3 rings (SSSR count). The number of carbonyl (C=O) groups excluding carboxylic acids is 1. The number of benzene rings is 1. The minimum atomic E-state index is -1.04. The van der Waals surface area contributed by atoms with Gasteiger partial charge in [-0.3, -0.25) is 9.59 Å². The normalized spacial score (nSPS) is 23.2. The van der Waals surface area contributed by atoms with Crippen LogP contribution < -0.4 is 10.9 Å². The smallest absolute Gasteiger partial charge is 0.272 e. The zero-order chi connectivity index (χ0) is 18.0. The van der Waals surface area contributed by atoms with Crippen molar-refractivity contribution in [2.45, 2.75) is 37.5 Å². The van der Waals surface area contributed by atoms with Crippen LogP contribution in [0.25, 0.3) is 5.69 Å². The molecule has 0 radical (unpaired) electrons. The number of aromatic nitrogens is 2. The van der Waals surface area contributed by atoms with Crippen molar-refractivity contribution in [3.05, 3.63) is 58.3 Å². The summed E-state index contributed by atoms with van der Waals surface area (Å²) in [6, 6.07) is 7.04. The Hall–Kier alpha value is -2.58. The zero-order valence-corrected chi connectivity index (χ0v) is 13.3. The Bertz CT molecular complexity index is 821. The van der Waals surface area contributed by atoms with Gasteiger partial charge < -0.3 is 15.5 Å². The molecule has 0 unspecified atom stereocenters.